The minimum atomic E-state index is -4.53. The number of hydrogen-bond acceptors (Lipinski definition) is 3. The monoisotopic (exact) mass is 514 g/mol. The van der Waals surface area contributed by atoms with E-state index in [0.717, 1.165) is 45.0 Å². The van der Waals surface area contributed by atoms with Crippen molar-refractivity contribution in [3.8, 4) is 17.1 Å². The first-order valence-corrected chi connectivity index (χ1v) is 12.1. The molecule has 5 rings (SSSR count). The van der Waals surface area contributed by atoms with Gasteiger partial charge < -0.3 is 4.57 Å². The fraction of sp³-hybridized carbons (Fsp3) is 0.167. The highest BCUT2D eigenvalue weighted by atomic mass is 19.4. The van der Waals surface area contributed by atoms with Crippen molar-refractivity contribution in [2.45, 2.75) is 33.9 Å². The van der Waals surface area contributed by atoms with Crippen molar-refractivity contribution in [3.63, 3.8) is 0 Å². The maximum Gasteiger partial charge on any atom is 0.416 e. The second kappa shape index (κ2) is 9.45. The predicted octanol–water partition coefficient (Wildman–Crippen LogP) is 6.99. The third-order valence-electron chi connectivity index (χ3n) is 6.80. The molecule has 0 radical (unpaired) electrons. The molecular weight excluding hydrogens is 489 g/mol. The molecule has 0 saturated heterocycles. The molecule has 192 valence electrons. The van der Waals surface area contributed by atoms with Gasteiger partial charge in [-0.25, -0.2) is 4.98 Å². The Hall–Kier alpha value is -4.46. The average molecular weight is 515 g/mol. The van der Waals surface area contributed by atoms with Crippen LogP contribution in [0.15, 0.2) is 82.7 Å². The van der Waals surface area contributed by atoms with E-state index < -0.39 is 17.3 Å². The van der Waals surface area contributed by atoms with Crippen molar-refractivity contribution < 1.29 is 13.2 Å². The van der Waals surface area contributed by atoms with Crippen LogP contribution in [0.25, 0.3) is 28.0 Å². The summed E-state index contributed by atoms with van der Waals surface area (Å²) in [6, 6.07) is 19.5. The van der Waals surface area contributed by atoms with Gasteiger partial charge >= 0.3 is 6.18 Å². The Morgan fingerprint density at radius 2 is 1.63 bits per heavy atom. The molecule has 0 bridgehead atoms. The van der Waals surface area contributed by atoms with Crippen molar-refractivity contribution in [2.75, 3.05) is 0 Å². The highest BCUT2D eigenvalue weighted by Crippen LogP contribution is 2.32. The van der Waals surface area contributed by atoms with Gasteiger partial charge in [-0.05, 0) is 75.2 Å². The van der Waals surface area contributed by atoms with Gasteiger partial charge in [-0.2, -0.15) is 22.9 Å². The first-order valence-electron chi connectivity index (χ1n) is 12.1. The molecule has 0 amide bonds. The molecule has 0 aliphatic rings. The Labute approximate surface area is 217 Å². The van der Waals surface area contributed by atoms with Crippen LogP contribution in [0.2, 0.25) is 0 Å². The summed E-state index contributed by atoms with van der Waals surface area (Å²) in [4.78, 5) is 18.0. The van der Waals surface area contributed by atoms with E-state index in [9.17, 15) is 18.0 Å². The SMILES string of the molecule is Cc1cccc(-n2c(C)cc(C=Nn3c(-c4cccc(C(F)(F)F)c4)nc4ccccc4c3=O)c2C)c1C. The molecule has 8 heteroatoms. The molecule has 3 aromatic carbocycles. The van der Waals surface area contributed by atoms with Gasteiger partial charge in [0.25, 0.3) is 5.56 Å². The smallest absolute Gasteiger partial charge is 0.318 e. The van der Waals surface area contributed by atoms with E-state index in [2.05, 4.69) is 34.6 Å². The lowest BCUT2D eigenvalue weighted by molar-refractivity contribution is -0.137. The molecule has 0 N–H and O–H groups in total. The number of aromatic nitrogens is 3. The molecule has 0 unspecified atom stereocenters. The summed E-state index contributed by atoms with van der Waals surface area (Å²) in [5.74, 6) is 0.0272. The van der Waals surface area contributed by atoms with Crippen molar-refractivity contribution in [1.82, 2.24) is 14.2 Å². The van der Waals surface area contributed by atoms with Gasteiger partial charge in [0, 0.05) is 28.2 Å². The highest BCUT2D eigenvalue weighted by molar-refractivity contribution is 5.83. The number of benzene rings is 3. The van der Waals surface area contributed by atoms with E-state index in [4.69, 9.17) is 0 Å². The van der Waals surface area contributed by atoms with Crippen LogP contribution < -0.4 is 5.56 Å². The average Bonchev–Trinajstić information content (AvgIpc) is 3.17. The highest BCUT2D eigenvalue weighted by Gasteiger charge is 2.31. The van der Waals surface area contributed by atoms with Crippen molar-refractivity contribution in [1.29, 1.82) is 0 Å². The van der Waals surface area contributed by atoms with E-state index in [0.29, 0.717) is 10.9 Å². The van der Waals surface area contributed by atoms with Gasteiger partial charge in [0.1, 0.15) is 0 Å². The van der Waals surface area contributed by atoms with Crippen LogP contribution in [0.5, 0.6) is 0 Å². The van der Waals surface area contributed by atoms with Crippen LogP contribution in [0.1, 0.15) is 33.6 Å². The van der Waals surface area contributed by atoms with E-state index >= 15 is 0 Å². The number of aryl methyl sites for hydroxylation is 2. The number of halogens is 3. The standard InChI is InChI=1S/C30H25F3N4O/c1-18-9-7-14-27(20(18)3)36-19(2)15-23(21(36)4)17-34-37-28(22-10-8-11-24(16-22)30(31,32)33)35-26-13-6-5-12-25(26)29(37)38/h5-17H,1-4H3. The van der Waals surface area contributed by atoms with E-state index in [1.165, 1.54) is 17.7 Å². The zero-order chi connectivity index (χ0) is 27.2. The molecule has 0 fully saturated rings. The summed E-state index contributed by atoms with van der Waals surface area (Å²) in [5, 5.41) is 4.79. The Morgan fingerprint density at radius 1 is 0.895 bits per heavy atom. The summed E-state index contributed by atoms with van der Waals surface area (Å²) in [6.45, 7) is 8.08. The van der Waals surface area contributed by atoms with Crippen LogP contribution in [0.3, 0.4) is 0 Å². The summed E-state index contributed by atoms with van der Waals surface area (Å²) in [7, 11) is 0. The van der Waals surface area contributed by atoms with Crippen LogP contribution in [-0.2, 0) is 6.18 Å². The van der Waals surface area contributed by atoms with Crippen molar-refractivity contribution >= 4 is 17.1 Å². The van der Waals surface area contributed by atoms with Gasteiger partial charge in [0.05, 0.1) is 22.7 Å². The third-order valence-corrected chi connectivity index (χ3v) is 6.80. The zero-order valence-electron chi connectivity index (χ0n) is 21.3. The lowest BCUT2D eigenvalue weighted by Gasteiger charge is -2.14. The second-order valence-corrected chi connectivity index (χ2v) is 9.27. The first kappa shape index (κ1) is 25.2. The topological polar surface area (TPSA) is 52.2 Å². The molecule has 0 aliphatic heterocycles. The lowest BCUT2D eigenvalue weighted by Crippen LogP contribution is -2.20. The largest absolute Gasteiger partial charge is 0.416 e. The lowest BCUT2D eigenvalue weighted by atomic mass is 10.1. The number of nitrogens with zero attached hydrogens (tertiary/aromatic N) is 4. The molecule has 2 aromatic heterocycles. The Morgan fingerprint density at radius 3 is 2.39 bits per heavy atom. The quantitative estimate of drug-likeness (QED) is 0.243. The molecule has 0 atom stereocenters. The Bertz CT molecular complexity index is 1780. The minimum absolute atomic E-state index is 0.0272. The van der Waals surface area contributed by atoms with Gasteiger partial charge in [-0.3, -0.25) is 4.79 Å². The maximum absolute atomic E-state index is 13.5. The normalized spacial score (nSPS) is 12.1. The molecule has 5 nitrogen and oxygen atoms in total. The first-order chi connectivity index (χ1) is 18.1. The molecular formula is C30H25F3N4O. The van der Waals surface area contributed by atoms with Gasteiger partial charge in [-0.1, -0.05) is 36.4 Å². The van der Waals surface area contributed by atoms with E-state index in [-0.39, 0.29) is 11.4 Å². The Kier molecular flexibility index (Phi) is 6.26. The molecule has 38 heavy (non-hydrogen) atoms. The second-order valence-electron chi connectivity index (χ2n) is 9.27. The van der Waals surface area contributed by atoms with Crippen LogP contribution in [0.4, 0.5) is 13.2 Å². The van der Waals surface area contributed by atoms with Crippen molar-refractivity contribution in [3.05, 3.63) is 117 Å². The number of alkyl halides is 3. The van der Waals surface area contributed by atoms with E-state index in [1.807, 2.05) is 32.0 Å². The molecule has 0 saturated carbocycles. The molecule has 0 spiro atoms. The van der Waals surface area contributed by atoms with Crippen molar-refractivity contribution in [2.24, 2.45) is 5.10 Å². The van der Waals surface area contributed by atoms with Gasteiger partial charge in [0.2, 0.25) is 0 Å². The fourth-order valence-corrected chi connectivity index (χ4v) is 4.64. The molecule has 5 aromatic rings. The maximum atomic E-state index is 13.5. The summed E-state index contributed by atoms with van der Waals surface area (Å²) < 4.78 is 43.5. The number of fused-ring (bicyclic) bond motifs is 1. The zero-order valence-corrected chi connectivity index (χ0v) is 21.3. The fourth-order valence-electron chi connectivity index (χ4n) is 4.64. The van der Waals surface area contributed by atoms with E-state index in [1.54, 1.807) is 30.5 Å². The van der Waals surface area contributed by atoms with Crippen LogP contribution >= 0.6 is 0 Å². The van der Waals surface area contributed by atoms with Crippen LogP contribution in [0, 0.1) is 27.7 Å². The minimum Gasteiger partial charge on any atom is -0.318 e. The van der Waals surface area contributed by atoms with Gasteiger partial charge in [0.15, 0.2) is 5.82 Å². The molecule has 0 aliphatic carbocycles. The third kappa shape index (κ3) is 4.42. The number of hydrogen-bond donors (Lipinski definition) is 0. The number of para-hydroxylation sites is 1. The Balaban J connectivity index is 1.68. The number of rotatable bonds is 4. The van der Waals surface area contributed by atoms with Gasteiger partial charge in [-0.15, -0.1) is 0 Å². The summed E-state index contributed by atoms with van der Waals surface area (Å²) >= 11 is 0. The van der Waals surface area contributed by atoms with Crippen LogP contribution in [-0.4, -0.2) is 20.4 Å². The summed E-state index contributed by atoms with van der Waals surface area (Å²) in [6.07, 6.45) is -2.98. The predicted molar refractivity (Wildman–Crippen MR) is 144 cm³/mol. The summed E-state index contributed by atoms with van der Waals surface area (Å²) in [5.41, 5.74) is 5.27. The molecule has 2 heterocycles.